The Hall–Kier alpha value is -2.73. The van der Waals surface area contributed by atoms with Crippen LogP contribution in [0.4, 0.5) is 0 Å². The lowest BCUT2D eigenvalue weighted by Gasteiger charge is -2.43. The Morgan fingerprint density at radius 2 is 1.39 bits per heavy atom. The summed E-state index contributed by atoms with van der Waals surface area (Å²) in [5.74, 6) is 0.804. The third kappa shape index (κ3) is 5.99. The van der Waals surface area contributed by atoms with Crippen LogP contribution >= 0.6 is 0 Å². The van der Waals surface area contributed by atoms with E-state index in [1.807, 2.05) is 36.4 Å². The van der Waals surface area contributed by atoms with Gasteiger partial charge >= 0.3 is 0 Å². The first-order chi connectivity index (χ1) is 15.9. The first kappa shape index (κ1) is 24.9. The van der Waals surface area contributed by atoms with E-state index in [1.165, 1.54) is 10.4 Å². The van der Waals surface area contributed by atoms with E-state index in [0.717, 1.165) is 17.6 Å². The number of hydrogen-bond acceptors (Lipinski definition) is 4. The number of ether oxygens (including phenoxy) is 2. The lowest BCUT2D eigenvalue weighted by molar-refractivity contribution is -0.111. The van der Waals surface area contributed by atoms with Crippen LogP contribution in [-0.2, 0) is 20.6 Å². The number of hydrogen-bond donors (Lipinski definition) is 0. The first-order valence-electron chi connectivity index (χ1n) is 11.3. The summed E-state index contributed by atoms with van der Waals surface area (Å²) in [6, 6.07) is 28.8. The van der Waals surface area contributed by atoms with Crippen molar-refractivity contribution in [1.82, 2.24) is 0 Å². The molecule has 174 valence electrons. The highest BCUT2D eigenvalue weighted by atomic mass is 28.4. The van der Waals surface area contributed by atoms with Crippen LogP contribution in [0.1, 0.15) is 32.8 Å². The van der Waals surface area contributed by atoms with Crippen molar-refractivity contribution in [2.45, 2.75) is 44.9 Å². The minimum Gasteiger partial charge on any atom is -0.497 e. The van der Waals surface area contributed by atoms with E-state index in [2.05, 4.69) is 69.3 Å². The van der Waals surface area contributed by atoms with E-state index < -0.39 is 8.32 Å². The molecule has 0 amide bonds. The average molecular weight is 463 g/mol. The number of carbonyl (C=O) groups excluding carboxylic acids is 1. The van der Waals surface area contributed by atoms with Gasteiger partial charge in [0.05, 0.1) is 26.4 Å². The Morgan fingerprint density at radius 1 is 0.848 bits per heavy atom. The maximum Gasteiger partial charge on any atom is 0.261 e. The van der Waals surface area contributed by atoms with Crippen molar-refractivity contribution in [3.8, 4) is 5.75 Å². The molecular weight excluding hydrogens is 428 g/mol. The molecule has 0 unspecified atom stereocenters. The fourth-order valence-electron chi connectivity index (χ4n) is 4.21. The minimum absolute atomic E-state index is 0.128. The normalized spacial score (nSPS) is 12.8. The Kier molecular flexibility index (Phi) is 8.61. The van der Waals surface area contributed by atoms with E-state index in [9.17, 15) is 4.79 Å². The second kappa shape index (κ2) is 11.4. The molecule has 3 rings (SSSR count). The molecule has 0 bridgehead atoms. The van der Waals surface area contributed by atoms with Crippen molar-refractivity contribution in [2.24, 2.45) is 0 Å². The molecule has 0 spiro atoms. The molecule has 3 aromatic rings. The van der Waals surface area contributed by atoms with Crippen LogP contribution in [0.25, 0.3) is 0 Å². The van der Waals surface area contributed by atoms with Crippen molar-refractivity contribution in [2.75, 3.05) is 13.7 Å². The molecule has 0 aliphatic heterocycles. The summed E-state index contributed by atoms with van der Waals surface area (Å²) in [7, 11) is -1.03. The topological polar surface area (TPSA) is 44.8 Å². The van der Waals surface area contributed by atoms with Crippen LogP contribution in [0.15, 0.2) is 84.9 Å². The molecule has 0 heterocycles. The summed E-state index contributed by atoms with van der Waals surface area (Å²) in [6.45, 7) is 7.49. The van der Waals surface area contributed by atoms with E-state index >= 15 is 0 Å². The molecule has 0 saturated carbocycles. The van der Waals surface area contributed by atoms with Gasteiger partial charge in [-0.25, -0.2) is 0 Å². The predicted octanol–water partition coefficient (Wildman–Crippen LogP) is 4.75. The van der Waals surface area contributed by atoms with Gasteiger partial charge in [-0.15, -0.1) is 0 Å². The van der Waals surface area contributed by atoms with Gasteiger partial charge in [0.15, 0.2) is 0 Å². The summed E-state index contributed by atoms with van der Waals surface area (Å²) < 4.78 is 18.3. The molecule has 1 atom stereocenters. The van der Waals surface area contributed by atoms with Crippen molar-refractivity contribution in [3.05, 3.63) is 90.5 Å². The van der Waals surface area contributed by atoms with E-state index in [-0.39, 0.29) is 17.6 Å². The van der Waals surface area contributed by atoms with Crippen LogP contribution in [0.5, 0.6) is 5.75 Å². The molecule has 0 aromatic heterocycles. The van der Waals surface area contributed by atoms with Crippen LogP contribution in [0, 0.1) is 0 Å². The summed E-state index contributed by atoms with van der Waals surface area (Å²) in [5.41, 5.74) is 1.03. The van der Waals surface area contributed by atoms with Crippen molar-refractivity contribution in [1.29, 1.82) is 0 Å². The second-order valence-electron chi connectivity index (χ2n) is 9.16. The number of methoxy groups -OCH3 is 1. The SMILES string of the molecule is COc1ccc(CO[C@@H](CC=O)CO[Si](c2ccccc2)(c2ccccc2)C(C)(C)C)cc1. The van der Waals surface area contributed by atoms with Gasteiger partial charge in [-0.1, -0.05) is 93.6 Å². The molecule has 0 aliphatic rings. The molecule has 0 saturated heterocycles. The fraction of sp³-hybridized carbons (Fsp3) is 0.321. The highest BCUT2D eigenvalue weighted by molar-refractivity contribution is 6.99. The summed E-state index contributed by atoms with van der Waals surface area (Å²) >= 11 is 0. The van der Waals surface area contributed by atoms with Gasteiger partial charge in [0.2, 0.25) is 0 Å². The zero-order valence-electron chi connectivity index (χ0n) is 20.0. The fourth-order valence-corrected chi connectivity index (χ4v) is 8.80. The molecule has 0 aliphatic carbocycles. The van der Waals surface area contributed by atoms with Crippen LogP contribution in [0.2, 0.25) is 5.04 Å². The zero-order chi connectivity index (χ0) is 23.7. The van der Waals surface area contributed by atoms with Crippen LogP contribution in [-0.4, -0.2) is 34.4 Å². The monoisotopic (exact) mass is 462 g/mol. The molecule has 33 heavy (non-hydrogen) atoms. The van der Waals surface area contributed by atoms with Crippen LogP contribution < -0.4 is 15.1 Å². The van der Waals surface area contributed by atoms with E-state index in [1.54, 1.807) is 7.11 Å². The summed E-state index contributed by atoms with van der Waals surface area (Å²) in [4.78, 5) is 11.4. The minimum atomic E-state index is -2.67. The quantitative estimate of drug-likeness (QED) is 0.305. The van der Waals surface area contributed by atoms with E-state index in [4.69, 9.17) is 13.9 Å². The van der Waals surface area contributed by atoms with E-state index in [0.29, 0.717) is 13.2 Å². The van der Waals surface area contributed by atoms with Gasteiger partial charge in [-0.05, 0) is 33.1 Å². The zero-order valence-corrected chi connectivity index (χ0v) is 21.0. The second-order valence-corrected chi connectivity index (χ2v) is 13.5. The number of aldehydes is 1. The number of carbonyl (C=O) groups is 1. The van der Waals surface area contributed by atoms with Gasteiger partial charge < -0.3 is 18.7 Å². The molecule has 3 aromatic carbocycles. The van der Waals surface area contributed by atoms with Crippen LogP contribution in [0.3, 0.4) is 0 Å². The molecule has 5 heteroatoms. The highest BCUT2D eigenvalue weighted by Crippen LogP contribution is 2.37. The predicted molar refractivity (Wildman–Crippen MR) is 136 cm³/mol. The number of rotatable bonds is 11. The lowest BCUT2D eigenvalue weighted by Crippen LogP contribution is -2.67. The van der Waals surface area contributed by atoms with Gasteiger partial charge in [0, 0.05) is 6.42 Å². The number of benzene rings is 3. The van der Waals surface area contributed by atoms with Gasteiger partial charge in [0.1, 0.15) is 12.0 Å². The Labute approximate surface area is 198 Å². The molecular formula is C28H34O4Si. The Bertz CT molecular complexity index is 942. The lowest BCUT2D eigenvalue weighted by atomic mass is 10.2. The third-order valence-corrected chi connectivity index (χ3v) is 10.9. The first-order valence-corrected chi connectivity index (χ1v) is 13.2. The van der Waals surface area contributed by atoms with Crippen molar-refractivity contribution in [3.63, 3.8) is 0 Å². The van der Waals surface area contributed by atoms with Gasteiger partial charge in [0.25, 0.3) is 8.32 Å². The van der Waals surface area contributed by atoms with Crippen molar-refractivity contribution < 1.29 is 18.7 Å². The molecule has 0 fully saturated rings. The standard InChI is InChI=1S/C28H34O4Si/c1-28(2,3)33(26-11-7-5-8-12-26,27-13-9-6-10-14-27)32-22-25(19-20-29)31-21-23-15-17-24(30-4)18-16-23/h5-18,20,25H,19,21-22H2,1-4H3/t25-/m0/s1. The van der Waals surface area contributed by atoms with Gasteiger partial charge in [-0.2, -0.15) is 0 Å². The third-order valence-electron chi connectivity index (χ3n) is 5.91. The maximum atomic E-state index is 11.4. The highest BCUT2D eigenvalue weighted by Gasteiger charge is 2.50. The average Bonchev–Trinajstić information content (AvgIpc) is 2.83. The van der Waals surface area contributed by atoms with Gasteiger partial charge in [-0.3, -0.25) is 0 Å². The Morgan fingerprint density at radius 3 is 1.85 bits per heavy atom. The smallest absolute Gasteiger partial charge is 0.261 e. The molecule has 0 N–H and O–H groups in total. The molecule has 4 nitrogen and oxygen atoms in total. The molecule has 0 radical (unpaired) electrons. The maximum absolute atomic E-state index is 11.4. The Balaban J connectivity index is 1.86. The van der Waals surface area contributed by atoms with Crippen molar-refractivity contribution >= 4 is 25.0 Å². The summed E-state index contributed by atoms with van der Waals surface area (Å²) in [6.07, 6.45) is 0.869. The largest absolute Gasteiger partial charge is 0.497 e. The summed E-state index contributed by atoms with van der Waals surface area (Å²) in [5, 5.41) is 2.30.